The highest BCUT2D eigenvalue weighted by atomic mass is 32.2. The molecule has 0 saturated carbocycles. The number of rotatable bonds is 7. The lowest BCUT2D eigenvalue weighted by atomic mass is 9.95. The van der Waals surface area contributed by atoms with Crippen LogP contribution >= 0.6 is 0 Å². The second-order valence-corrected chi connectivity index (χ2v) is 11.1. The number of amides is 1. The van der Waals surface area contributed by atoms with Gasteiger partial charge in [0.05, 0.1) is 15.9 Å². The molecule has 8 heteroatoms. The van der Waals surface area contributed by atoms with Crippen molar-refractivity contribution in [1.29, 1.82) is 0 Å². The van der Waals surface area contributed by atoms with E-state index in [-0.39, 0.29) is 22.6 Å². The molecule has 2 N–H and O–H groups in total. The van der Waals surface area contributed by atoms with Crippen LogP contribution in [0, 0.1) is 12.8 Å². The van der Waals surface area contributed by atoms with Crippen molar-refractivity contribution in [2.75, 3.05) is 13.1 Å². The van der Waals surface area contributed by atoms with Gasteiger partial charge in [0.1, 0.15) is 11.9 Å². The first kappa shape index (κ1) is 23.4. The number of imidazole rings is 1. The Labute approximate surface area is 195 Å². The summed E-state index contributed by atoms with van der Waals surface area (Å²) in [7, 11) is -3.79. The van der Waals surface area contributed by atoms with Gasteiger partial charge < -0.3 is 9.88 Å². The Morgan fingerprint density at radius 3 is 2.42 bits per heavy atom. The van der Waals surface area contributed by atoms with E-state index in [1.807, 2.05) is 45.0 Å². The molecule has 0 bridgehead atoms. The molecule has 1 aliphatic rings. The predicted molar refractivity (Wildman–Crippen MR) is 129 cm³/mol. The molecule has 176 valence electrons. The van der Waals surface area contributed by atoms with E-state index in [4.69, 9.17) is 4.98 Å². The lowest BCUT2D eigenvalue weighted by Crippen LogP contribution is -2.51. The summed E-state index contributed by atoms with van der Waals surface area (Å²) in [6.07, 6.45) is 2.04. The number of benzene rings is 2. The van der Waals surface area contributed by atoms with Crippen molar-refractivity contribution in [3.63, 3.8) is 0 Å². The minimum absolute atomic E-state index is 0.151. The van der Waals surface area contributed by atoms with E-state index in [9.17, 15) is 13.2 Å². The monoisotopic (exact) mass is 468 g/mol. The molecule has 0 spiro atoms. The molecule has 7 nitrogen and oxygen atoms in total. The van der Waals surface area contributed by atoms with Crippen LogP contribution in [-0.2, 0) is 14.8 Å². The maximum Gasteiger partial charge on any atom is 0.241 e. The highest BCUT2D eigenvalue weighted by Gasteiger charge is 2.33. The van der Waals surface area contributed by atoms with Gasteiger partial charge in [-0.25, -0.2) is 13.4 Å². The fraction of sp³-hybridized carbons (Fsp3) is 0.440. The summed E-state index contributed by atoms with van der Waals surface area (Å²) in [6.45, 7) is 7.06. The molecule has 1 unspecified atom stereocenters. The van der Waals surface area contributed by atoms with Crippen LogP contribution in [0.1, 0.15) is 50.4 Å². The third-order valence-corrected chi connectivity index (χ3v) is 7.72. The molecule has 3 aromatic rings. The number of nitrogens with zero attached hydrogens (tertiary/aromatic N) is 2. The molecule has 1 amide bonds. The first-order valence-corrected chi connectivity index (χ1v) is 13.0. The van der Waals surface area contributed by atoms with E-state index in [0.717, 1.165) is 35.3 Å². The van der Waals surface area contributed by atoms with Gasteiger partial charge in [0.2, 0.25) is 15.9 Å². The molecule has 0 radical (unpaired) electrons. The summed E-state index contributed by atoms with van der Waals surface area (Å²) in [6, 6.07) is 13.9. The number of carbonyl (C=O) groups excluding carboxylic acids is 1. The second-order valence-electron chi connectivity index (χ2n) is 9.36. The van der Waals surface area contributed by atoms with Crippen molar-refractivity contribution in [3.05, 3.63) is 59.9 Å². The Kier molecular flexibility index (Phi) is 6.86. The van der Waals surface area contributed by atoms with Gasteiger partial charge in [0.25, 0.3) is 0 Å². The van der Waals surface area contributed by atoms with Gasteiger partial charge in [-0.3, -0.25) is 4.79 Å². The van der Waals surface area contributed by atoms with Gasteiger partial charge in [-0.05, 0) is 56.4 Å². The standard InChI is InChI=1S/C25H32N4O3S/c1-17(2)16-23(28-33(31,32)20-10-8-18(3)9-11-20)25(30)29-14-12-19(13-15-29)24-26-21-6-4-5-7-22(21)27-24/h4-11,17,19,23,28H,12-16H2,1-3H3,(H,26,27). The van der Waals surface area contributed by atoms with Crippen molar-refractivity contribution < 1.29 is 13.2 Å². The predicted octanol–water partition coefficient (Wildman–Crippen LogP) is 3.97. The topological polar surface area (TPSA) is 95.2 Å². The Morgan fingerprint density at radius 2 is 1.79 bits per heavy atom. The van der Waals surface area contributed by atoms with Crippen LogP contribution in [0.2, 0.25) is 0 Å². The van der Waals surface area contributed by atoms with Crippen molar-refractivity contribution in [3.8, 4) is 0 Å². The smallest absolute Gasteiger partial charge is 0.241 e. The number of hydrogen-bond acceptors (Lipinski definition) is 4. The number of nitrogens with one attached hydrogen (secondary N) is 2. The van der Waals surface area contributed by atoms with Gasteiger partial charge in [-0.2, -0.15) is 4.72 Å². The van der Waals surface area contributed by atoms with E-state index >= 15 is 0 Å². The number of para-hydroxylation sites is 2. The molecule has 4 rings (SSSR count). The van der Waals surface area contributed by atoms with E-state index in [1.165, 1.54) is 0 Å². The summed E-state index contributed by atoms with van der Waals surface area (Å²) in [5.41, 5.74) is 2.96. The number of fused-ring (bicyclic) bond motifs is 1. The van der Waals surface area contributed by atoms with Crippen LogP contribution in [0.4, 0.5) is 0 Å². The van der Waals surface area contributed by atoms with Gasteiger partial charge in [-0.15, -0.1) is 0 Å². The lowest BCUT2D eigenvalue weighted by molar-refractivity contribution is -0.134. The lowest BCUT2D eigenvalue weighted by Gasteiger charge is -2.34. The summed E-state index contributed by atoms with van der Waals surface area (Å²) in [4.78, 5) is 23.5. The van der Waals surface area contributed by atoms with Gasteiger partial charge in [0, 0.05) is 19.0 Å². The fourth-order valence-corrected chi connectivity index (χ4v) is 5.61. The molecule has 1 aliphatic heterocycles. The van der Waals surface area contributed by atoms with Crippen LogP contribution in [-0.4, -0.2) is 48.3 Å². The van der Waals surface area contributed by atoms with E-state index in [0.29, 0.717) is 19.5 Å². The van der Waals surface area contributed by atoms with Crippen LogP contribution in [0.25, 0.3) is 11.0 Å². The molecule has 1 atom stereocenters. The minimum atomic E-state index is -3.79. The zero-order valence-corrected chi connectivity index (χ0v) is 20.2. The number of sulfonamides is 1. The first-order chi connectivity index (χ1) is 15.7. The van der Waals surface area contributed by atoms with E-state index in [1.54, 1.807) is 29.2 Å². The molecular weight excluding hydrogens is 436 g/mol. The number of hydrogen-bond donors (Lipinski definition) is 2. The molecule has 1 saturated heterocycles. The highest BCUT2D eigenvalue weighted by molar-refractivity contribution is 7.89. The largest absolute Gasteiger partial charge is 0.342 e. The summed E-state index contributed by atoms with van der Waals surface area (Å²) >= 11 is 0. The quantitative estimate of drug-likeness (QED) is 0.548. The maximum atomic E-state index is 13.4. The number of aromatic nitrogens is 2. The van der Waals surface area contributed by atoms with Crippen molar-refractivity contribution in [2.45, 2.75) is 56.9 Å². The second kappa shape index (κ2) is 9.65. The Balaban J connectivity index is 1.44. The average Bonchev–Trinajstić information content (AvgIpc) is 3.22. The number of carbonyl (C=O) groups is 1. The number of likely N-dealkylation sites (tertiary alicyclic amines) is 1. The van der Waals surface area contributed by atoms with Crippen LogP contribution in [0.15, 0.2) is 53.4 Å². The zero-order chi connectivity index (χ0) is 23.6. The van der Waals surface area contributed by atoms with Crippen molar-refractivity contribution in [2.24, 2.45) is 5.92 Å². The van der Waals surface area contributed by atoms with Crippen LogP contribution < -0.4 is 4.72 Å². The highest BCUT2D eigenvalue weighted by Crippen LogP contribution is 2.28. The van der Waals surface area contributed by atoms with Gasteiger partial charge in [-0.1, -0.05) is 43.7 Å². The normalized spacial score (nSPS) is 16.4. The summed E-state index contributed by atoms with van der Waals surface area (Å²) in [5.74, 6) is 1.24. The first-order valence-electron chi connectivity index (χ1n) is 11.6. The van der Waals surface area contributed by atoms with Gasteiger partial charge >= 0.3 is 0 Å². The maximum absolute atomic E-state index is 13.4. The van der Waals surface area contributed by atoms with E-state index in [2.05, 4.69) is 9.71 Å². The number of H-pyrrole nitrogens is 1. The summed E-state index contributed by atoms with van der Waals surface area (Å²) in [5, 5.41) is 0. The Bertz CT molecular complexity index is 1180. The molecular formula is C25H32N4O3S. The van der Waals surface area contributed by atoms with Crippen molar-refractivity contribution >= 4 is 27.0 Å². The van der Waals surface area contributed by atoms with Gasteiger partial charge in [0.15, 0.2) is 0 Å². The Hall–Kier alpha value is -2.71. The molecule has 2 aromatic carbocycles. The summed E-state index contributed by atoms with van der Waals surface area (Å²) < 4.78 is 28.6. The number of aryl methyl sites for hydroxylation is 1. The molecule has 33 heavy (non-hydrogen) atoms. The third kappa shape index (κ3) is 5.45. The SMILES string of the molecule is Cc1ccc(S(=O)(=O)NC(CC(C)C)C(=O)N2CCC(c3nc4ccccc4[nH]3)CC2)cc1. The molecule has 0 aliphatic carbocycles. The van der Waals surface area contributed by atoms with Crippen LogP contribution in [0.3, 0.4) is 0 Å². The molecule has 1 aromatic heterocycles. The molecule has 2 heterocycles. The van der Waals surface area contributed by atoms with E-state index < -0.39 is 16.1 Å². The Morgan fingerprint density at radius 1 is 1.12 bits per heavy atom. The third-order valence-electron chi connectivity index (χ3n) is 6.23. The zero-order valence-electron chi connectivity index (χ0n) is 19.4. The molecule has 1 fully saturated rings. The number of aromatic amines is 1. The van der Waals surface area contributed by atoms with Crippen LogP contribution in [0.5, 0.6) is 0 Å². The van der Waals surface area contributed by atoms with Crippen molar-refractivity contribution in [1.82, 2.24) is 19.6 Å². The fourth-order valence-electron chi connectivity index (χ4n) is 4.40. The minimum Gasteiger partial charge on any atom is -0.342 e. The average molecular weight is 469 g/mol. The number of piperidine rings is 1.